The summed E-state index contributed by atoms with van der Waals surface area (Å²) < 4.78 is 11.5. The van der Waals surface area contributed by atoms with E-state index in [1.54, 1.807) is 60.7 Å². The quantitative estimate of drug-likeness (QED) is 0.162. The predicted octanol–water partition coefficient (Wildman–Crippen LogP) is 8.37. The first kappa shape index (κ1) is 40.5. The summed E-state index contributed by atoms with van der Waals surface area (Å²) in [6.07, 6.45) is 2.92. The monoisotopic (exact) mass is 816 g/mol. The fourth-order valence-electron chi connectivity index (χ4n) is 8.89. The Balaban J connectivity index is 0.000000177. The van der Waals surface area contributed by atoms with Gasteiger partial charge in [0.15, 0.2) is 0 Å². The van der Waals surface area contributed by atoms with Crippen molar-refractivity contribution in [1.29, 1.82) is 10.5 Å². The minimum absolute atomic E-state index is 0.0179. The lowest BCUT2D eigenvalue weighted by molar-refractivity contribution is -0.131. The molecule has 0 bridgehead atoms. The lowest BCUT2D eigenvalue weighted by Gasteiger charge is -2.25. The number of hydrogen-bond donors (Lipinski definition) is 0. The van der Waals surface area contributed by atoms with Crippen molar-refractivity contribution in [1.82, 2.24) is 9.80 Å². The Hall–Kier alpha value is -5.68. The molecule has 4 fully saturated rings. The number of rotatable bonds is 8. The maximum absolute atomic E-state index is 12.9. The zero-order valence-corrected chi connectivity index (χ0v) is 33.7. The summed E-state index contributed by atoms with van der Waals surface area (Å²) in [4.78, 5) is 54.2. The Bertz CT molecular complexity index is 2270. The van der Waals surface area contributed by atoms with Crippen molar-refractivity contribution >= 4 is 47.0 Å². The number of likely N-dealkylation sites (tertiary alicyclic amines) is 2. The minimum Gasteiger partial charge on any atom is -0.458 e. The Labute approximate surface area is 347 Å². The summed E-state index contributed by atoms with van der Waals surface area (Å²) in [5, 5.41) is 19.1. The second-order valence-corrected chi connectivity index (χ2v) is 16.1. The number of carbonyl (C=O) groups excluding carboxylic acids is 4. The highest BCUT2D eigenvalue weighted by Crippen LogP contribution is 2.43. The molecule has 12 heteroatoms. The average molecular weight is 818 g/mol. The third kappa shape index (κ3) is 8.18. The molecule has 0 aromatic heterocycles. The molecule has 8 rings (SSSR count). The van der Waals surface area contributed by atoms with Gasteiger partial charge in [-0.2, -0.15) is 10.5 Å². The van der Waals surface area contributed by atoms with E-state index >= 15 is 0 Å². The van der Waals surface area contributed by atoms with Crippen LogP contribution < -0.4 is 0 Å². The number of carbonyl (C=O) groups is 4. The molecule has 0 radical (unpaired) electrons. The SMILES string of the molecule is Cc1c(CN2C(=O)CC3C(OC(=O)c4ccccc4)CCC32)ccc(C#N)c1Cl.Cc1c(CN2CC3C(OC(=O)c4ccccc4)CCC3C2=O)ccc(C#N)c1Cl. The van der Waals surface area contributed by atoms with Gasteiger partial charge in [-0.25, -0.2) is 9.59 Å². The van der Waals surface area contributed by atoms with Crippen LogP contribution in [0, 0.1) is 54.3 Å². The Morgan fingerprint density at radius 2 is 1.19 bits per heavy atom. The number of nitrogens with zero attached hydrogens (tertiary/aromatic N) is 4. The smallest absolute Gasteiger partial charge is 0.338 e. The van der Waals surface area contributed by atoms with Crippen molar-refractivity contribution < 1.29 is 28.7 Å². The second kappa shape index (κ2) is 17.4. The van der Waals surface area contributed by atoms with Crippen molar-refractivity contribution in [2.24, 2.45) is 17.8 Å². The Kier molecular flexibility index (Phi) is 12.2. The van der Waals surface area contributed by atoms with Crippen LogP contribution in [0.4, 0.5) is 0 Å². The summed E-state index contributed by atoms with van der Waals surface area (Å²) in [6, 6.07) is 29.2. The molecule has 0 N–H and O–H groups in total. The number of amides is 2. The number of ether oxygens (including phenoxy) is 2. The van der Waals surface area contributed by atoms with Gasteiger partial charge >= 0.3 is 11.9 Å². The van der Waals surface area contributed by atoms with Crippen LogP contribution in [0.2, 0.25) is 10.0 Å². The van der Waals surface area contributed by atoms with Crippen molar-refractivity contribution in [2.45, 2.75) is 77.3 Å². The first-order valence-corrected chi connectivity index (χ1v) is 20.2. The molecule has 6 atom stereocenters. The maximum atomic E-state index is 12.9. The van der Waals surface area contributed by atoms with Gasteiger partial charge in [0.25, 0.3) is 0 Å². The summed E-state index contributed by atoms with van der Waals surface area (Å²) >= 11 is 12.6. The molecule has 2 amide bonds. The maximum Gasteiger partial charge on any atom is 0.338 e. The number of halogens is 2. The van der Waals surface area contributed by atoms with Crippen molar-refractivity contribution in [3.63, 3.8) is 0 Å². The number of hydrogen-bond acceptors (Lipinski definition) is 8. The fourth-order valence-corrected chi connectivity index (χ4v) is 9.34. The zero-order chi connectivity index (χ0) is 41.1. The van der Waals surface area contributed by atoms with Crippen LogP contribution in [0.5, 0.6) is 0 Å². The molecule has 296 valence electrons. The normalized spacial score (nSPS) is 23.0. The van der Waals surface area contributed by atoms with E-state index in [0.29, 0.717) is 58.4 Å². The molecule has 2 aliphatic heterocycles. The standard InChI is InChI=1S/2C23H21ClN2O3/c1-14-17(8-7-16(12-25)22(14)24)13-26-19-9-10-20(18(19)11-21(26)27)29-23(28)15-5-3-2-4-6-15;1-14-17(8-7-16(11-25)21(14)24)12-26-13-19-18(22(26)27)9-10-20(19)29-23(28)15-5-3-2-4-6-15/h2-8,18-20H,9-11,13H2,1H3;2-8,18-20H,9-10,12-13H2,1H3. The number of benzene rings is 4. The lowest BCUT2D eigenvalue weighted by atomic mass is 9.99. The predicted molar refractivity (Wildman–Crippen MR) is 216 cm³/mol. The van der Waals surface area contributed by atoms with Crippen LogP contribution in [0.15, 0.2) is 84.9 Å². The summed E-state index contributed by atoms with van der Waals surface area (Å²) in [7, 11) is 0. The van der Waals surface area contributed by atoms with Gasteiger partial charge in [-0.15, -0.1) is 0 Å². The summed E-state index contributed by atoms with van der Waals surface area (Å²) in [5.41, 5.74) is 5.44. The summed E-state index contributed by atoms with van der Waals surface area (Å²) in [6.45, 7) is 5.20. The molecule has 10 nitrogen and oxygen atoms in total. The van der Waals surface area contributed by atoms with E-state index < -0.39 is 0 Å². The van der Waals surface area contributed by atoms with Gasteiger partial charge in [0, 0.05) is 49.9 Å². The average Bonchev–Trinajstić information content (AvgIpc) is 3.99. The minimum atomic E-state index is -0.336. The van der Waals surface area contributed by atoms with Crippen LogP contribution in [0.3, 0.4) is 0 Å². The van der Waals surface area contributed by atoms with E-state index in [-0.39, 0.29) is 59.8 Å². The number of nitriles is 2. The van der Waals surface area contributed by atoms with Crippen molar-refractivity contribution in [3.05, 3.63) is 139 Å². The van der Waals surface area contributed by atoms with Crippen LogP contribution in [0.1, 0.15) is 86.2 Å². The molecule has 0 spiro atoms. The molecule has 6 unspecified atom stereocenters. The van der Waals surface area contributed by atoms with Crippen LogP contribution in [0.25, 0.3) is 0 Å². The molecular formula is C46H42Cl2N4O6. The highest BCUT2D eigenvalue weighted by atomic mass is 35.5. The molecular weight excluding hydrogens is 775 g/mol. The first-order valence-electron chi connectivity index (χ1n) is 19.5. The van der Waals surface area contributed by atoms with Gasteiger partial charge < -0.3 is 19.3 Å². The molecule has 2 aliphatic carbocycles. The molecule has 4 aromatic rings. The lowest BCUT2D eigenvalue weighted by Crippen LogP contribution is -2.34. The Morgan fingerprint density at radius 3 is 1.72 bits per heavy atom. The van der Waals surface area contributed by atoms with Gasteiger partial charge in [-0.1, -0.05) is 71.7 Å². The molecule has 2 saturated heterocycles. The van der Waals surface area contributed by atoms with Crippen molar-refractivity contribution in [2.75, 3.05) is 6.54 Å². The van der Waals surface area contributed by atoms with E-state index in [0.717, 1.165) is 47.9 Å². The largest absolute Gasteiger partial charge is 0.458 e. The Morgan fingerprint density at radius 1 is 0.690 bits per heavy atom. The van der Waals surface area contributed by atoms with Crippen LogP contribution in [-0.2, 0) is 32.2 Å². The van der Waals surface area contributed by atoms with E-state index in [9.17, 15) is 19.2 Å². The van der Waals surface area contributed by atoms with E-state index in [4.69, 9.17) is 43.2 Å². The fraction of sp³-hybridized carbons (Fsp3) is 0.348. The molecule has 4 aliphatic rings. The second-order valence-electron chi connectivity index (χ2n) is 15.4. The third-order valence-electron chi connectivity index (χ3n) is 12.1. The molecule has 2 saturated carbocycles. The zero-order valence-electron chi connectivity index (χ0n) is 32.2. The van der Waals surface area contributed by atoms with Gasteiger partial charge in [-0.05, 0) is 98.2 Å². The first-order chi connectivity index (χ1) is 28.0. The highest BCUT2D eigenvalue weighted by Gasteiger charge is 2.51. The van der Waals surface area contributed by atoms with Gasteiger partial charge in [0.1, 0.15) is 24.3 Å². The highest BCUT2D eigenvalue weighted by molar-refractivity contribution is 6.33. The summed E-state index contributed by atoms with van der Waals surface area (Å²) in [5.74, 6) is -0.561. The van der Waals surface area contributed by atoms with Gasteiger partial charge in [-0.3, -0.25) is 9.59 Å². The van der Waals surface area contributed by atoms with Gasteiger partial charge in [0.2, 0.25) is 11.8 Å². The number of fused-ring (bicyclic) bond motifs is 2. The topological polar surface area (TPSA) is 141 Å². The van der Waals surface area contributed by atoms with Gasteiger partial charge in [0.05, 0.1) is 32.3 Å². The van der Waals surface area contributed by atoms with Crippen LogP contribution in [-0.4, -0.2) is 58.3 Å². The van der Waals surface area contributed by atoms with E-state index in [1.807, 2.05) is 47.9 Å². The van der Waals surface area contributed by atoms with Crippen molar-refractivity contribution in [3.8, 4) is 12.1 Å². The van der Waals surface area contributed by atoms with Crippen LogP contribution >= 0.6 is 23.2 Å². The molecule has 58 heavy (non-hydrogen) atoms. The van der Waals surface area contributed by atoms with E-state index in [2.05, 4.69) is 12.1 Å². The van der Waals surface area contributed by atoms with E-state index in [1.165, 1.54) is 0 Å². The molecule has 4 aromatic carbocycles. The third-order valence-corrected chi connectivity index (χ3v) is 13.1. The molecule has 2 heterocycles. The number of esters is 2.